The molecule has 1 aliphatic carbocycles. The molecule has 31 heavy (non-hydrogen) atoms. The molecular formula is C27H38N2O2. The number of amides is 1. The summed E-state index contributed by atoms with van der Waals surface area (Å²) in [4.78, 5) is 13.8. The van der Waals surface area contributed by atoms with Crippen LogP contribution in [0, 0.1) is 12.8 Å². The zero-order chi connectivity index (χ0) is 22.4. The van der Waals surface area contributed by atoms with Crippen LogP contribution in [0.4, 0.5) is 0 Å². The van der Waals surface area contributed by atoms with E-state index in [1.165, 1.54) is 35.1 Å². The van der Waals surface area contributed by atoms with Gasteiger partial charge in [0, 0.05) is 26.6 Å². The molecule has 1 N–H and O–H groups in total. The van der Waals surface area contributed by atoms with Crippen molar-refractivity contribution in [3.63, 3.8) is 0 Å². The van der Waals surface area contributed by atoms with Crippen LogP contribution in [0.15, 0.2) is 36.4 Å². The summed E-state index contributed by atoms with van der Waals surface area (Å²) in [6.45, 7) is 13.7. The molecule has 2 aliphatic rings. The van der Waals surface area contributed by atoms with E-state index in [4.69, 9.17) is 4.74 Å². The average Bonchev–Trinajstić information content (AvgIpc) is 3.59. The van der Waals surface area contributed by atoms with Crippen molar-refractivity contribution >= 4 is 5.91 Å². The van der Waals surface area contributed by atoms with E-state index >= 15 is 0 Å². The first-order valence-corrected chi connectivity index (χ1v) is 11.8. The number of rotatable bonds is 7. The van der Waals surface area contributed by atoms with Gasteiger partial charge in [0.1, 0.15) is 5.75 Å². The van der Waals surface area contributed by atoms with Crippen LogP contribution >= 0.6 is 0 Å². The van der Waals surface area contributed by atoms with Crippen LogP contribution in [0.1, 0.15) is 74.4 Å². The highest BCUT2D eigenvalue weighted by molar-refractivity contribution is 5.73. The predicted octanol–water partition coefficient (Wildman–Crippen LogP) is 5.57. The summed E-state index contributed by atoms with van der Waals surface area (Å²) in [7, 11) is 0. The molecule has 2 aromatic rings. The number of nitrogens with one attached hydrogen (secondary N) is 1. The third-order valence-corrected chi connectivity index (χ3v) is 6.19. The number of hydrogen-bond acceptors (Lipinski definition) is 3. The minimum Gasteiger partial charge on any atom is -0.493 e. The first-order valence-electron chi connectivity index (χ1n) is 11.8. The Bertz CT molecular complexity index is 872. The number of benzene rings is 2. The molecule has 1 saturated carbocycles. The Morgan fingerprint density at radius 3 is 2.52 bits per heavy atom. The lowest BCUT2D eigenvalue weighted by molar-refractivity contribution is -0.119. The van der Waals surface area contributed by atoms with Crippen LogP contribution < -0.4 is 10.1 Å². The molecule has 168 valence electrons. The lowest BCUT2D eigenvalue weighted by atomic mass is 9.94. The van der Waals surface area contributed by atoms with Crippen molar-refractivity contribution in [2.75, 3.05) is 13.2 Å². The minimum atomic E-state index is 0.00458. The smallest absolute Gasteiger partial charge is 0.217 e. The fourth-order valence-electron chi connectivity index (χ4n) is 4.22. The second-order valence-corrected chi connectivity index (χ2v) is 8.71. The molecule has 0 aromatic heterocycles. The maximum absolute atomic E-state index is 11.2. The summed E-state index contributed by atoms with van der Waals surface area (Å²) in [5.74, 6) is 1.87. The van der Waals surface area contributed by atoms with E-state index in [2.05, 4.69) is 53.5 Å². The molecule has 0 spiro atoms. The van der Waals surface area contributed by atoms with Crippen molar-refractivity contribution in [1.29, 1.82) is 0 Å². The molecule has 0 bridgehead atoms. The number of nitrogens with zero attached hydrogens (tertiary/aromatic N) is 1. The number of ether oxygens (including phenoxy) is 1. The maximum atomic E-state index is 11.2. The quantitative estimate of drug-likeness (QED) is 0.635. The zero-order valence-corrected chi connectivity index (χ0v) is 19.8. The Morgan fingerprint density at radius 2 is 1.87 bits per heavy atom. The van der Waals surface area contributed by atoms with Gasteiger partial charge < -0.3 is 10.1 Å². The number of fused-ring (bicyclic) bond motifs is 1. The molecule has 2 aromatic carbocycles. The highest BCUT2D eigenvalue weighted by Gasteiger charge is 2.24. The predicted molar refractivity (Wildman–Crippen MR) is 127 cm³/mol. The summed E-state index contributed by atoms with van der Waals surface area (Å²) in [6.07, 6.45) is 3.73. The second kappa shape index (κ2) is 10.8. The first-order chi connectivity index (χ1) is 15.0. The highest BCUT2D eigenvalue weighted by Crippen LogP contribution is 2.33. The van der Waals surface area contributed by atoms with Crippen LogP contribution in [0.5, 0.6) is 5.75 Å². The summed E-state index contributed by atoms with van der Waals surface area (Å²) < 4.78 is 6.06. The molecule has 1 amide bonds. The van der Waals surface area contributed by atoms with E-state index in [-0.39, 0.29) is 11.9 Å². The molecule has 4 rings (SSSR count). The molecule has 0 saturated heterocycles. The average molecular weight is 423 g/mol. The lowest BCUT2D eigenvalue weighted by Gasteiger charge is -2.30. The molecule has 4 heteroatoms. The van der Waals surface area contributed by atoms with Crippen molar-refractivity contribution in [2.45, 2.75) is 73.0 Å². The van der Waals surface area contributed by atoms with E-state index < -0.39 is 0 Å². The molecule has 1 atom stereocenters. The topological polar surface area (TPSA) is 41.6 Å². The van der Waals surface area contributed by atoms with Crippen LogP contribution in [-0.4, -0.2) is 24.0 Å². The molecule has 1 fully saturated rings. The lowest BCUT2D eigenvalue weighted by Crippen LogP contribution is -2.30. The molecule has 0 radical (unpaired) electrons. The first kappa shape index (κ1) is 23.3. The molecule has 1 heterocycles. The van der Waals surface area contributed by atoms with Crippen LogP contribution in [0.25, 0.3) is 0 Å². The Labute approximate surface area is 188 Å². The van der Waals surface area contributed by atoms with Gasteiger partial charge in [0.05, 0.1) is 12.6 Å². The summed E-state index contributed by atoms with van der Waals surface area (Å²) in [5, 5.41) is 2.94. The van der Waals surface area contributed by atoms with Crippen molar-refractivity contribution in [1.82, 2.24) is 10.2 Å². The van der Waals surface area contributed by atoms with E-state index in [0.717, 1.165) is 49.9 Å². The third-order valence-electron chi connectivity index (χ3n) is 6.19. The van der Waals surface area contributed by atoms with Crippen LogP contribution in [0.3, 0.4) is 0 Å². The van der Waals surface area contributed by atoms with Gasteiger partial charge in [0.2, 0.25) is 5.91 Å². The van der Waals surface area contributed by atoms with Crippen LogP contribution in [0.2, 0.25) is 0 Å². The van der Waals surface area contributed by atoms with Gasteiger partial charge in [-0.1, -0.05) is 44.2 Å². The Kier molecular flexibility index (Phi) is 8.14. The fourth-order valence-corrected chi connectivity index (χ4v) is 4.22. The Morgan fingerprint density at radius 1 is 1.16 bits per heavy atom. The minimum absolute atomic E-state index is 0.00458. The van der Waals surface area contributed by atoms with Gasteiger partial charge in [-0.3, -0.25) is 9.69 Å². The van der Waals surface area contributed by atoms with Gasteiger partial charge in [-0.2, -0.15) is 0 Å². The molecule has 4 nitrogen and oxygen atoms in total. The number of carbonyl (C=O) groups excluding carboxylic acids is 1. The van der Waals surface area contributed by atoms with Gasteiger partial charge in [-0.15, -0.1) is 0 Å². The van der Waals surface area contributed by atoms with Crippen molar-refractivity contribution in [3.8, 4) is 5.75 Å². The van der Waals surface area contributed by atoms with Crippen LogP contribution in [-0.2, 0) is 24.3 Å². The summed E-state index contributed by atoms with van der Waals surface area (Å²) >= 11 is 0. The van der Waals surface area contributed by atoms with Crippen molar-refractivity contribution in [2.24, 2.45) is 5.92 Å². The largest absolute Gasteiger partial charge is 0.493 e. The maximum Gasteiger partial charge on any atom is 0.217 e. The van der Waals surface area contributed by atoms with Crippen molar-refractivity contribution in [3.05, 3.63) is 64.2 Å². The molecule has 1 aliphatic heterocycles. The monoisotopic (exact) mass is 422 g/mol. The van der Waals surface area contributed by atoms with E-state index in [9.17, 15) is 4.79 Å². The van der Waals surface area contributed by atoms with E-state index in [0.29, 0.717) is 0 Å². The highest BCUT2D eigenvalue weighted by atomic mass is 16.5. The SMILES string of the molecule is CC.CC(=O)NC(C)c1ccc(CN2CCc3c(ccc(OCC4CC4)c3C)C2)cc1. The van der Waals surface area contributed by atoms with Gasteiger partial charge in [-0.05, 0) is 72.9 Å². The standard InChI is InChI=1S/C25H32N2O2.C2H6/c1-17-24-12-13-27(15-23(24)10-11-25(17)29-16-21-4-5-21)14-20-6-8-22(9-7-20)18(2)26-19(3)28;1-2/h6-11,18,21H,4-5,12-16H2,1-3H3,(H,26,28);1-2H3. The number of hydrogen-bond donors (Lipinski definition) is 1. The Hall–Kier alpha value is -2.33. The Balaban J connectivity index is 0.00000132. The van der Waals surface area contributed by atoms with E-state index in [1.807, 2.05) is 20.8 Å². The van der Waals surface area contributed by atoms with Crippen molar-refractivity contribution < 1.29 is 9.53 Å². The van der Waals surface area contributed by atoms with Gasteiger partial charge in [0.25, 0.3) is 0 Å². The second-order valence-electron chi connectivity index (χ2n) is 8.71. The molecular weight excluding hydrogens is 384 g/mol. The number of carbonyl (C=O) groups is 1. The van der Waals surface area contributed by atoms with E-state index in [1.54, 1.807) is 6.92 Å². The van der Waals surface area contributed by atoms with Gasteiger partial charge in [0.15, 0.2) is 0 Å². The normalized spacial score (nSPS) is 16.5. The van der Waals surface area contributed by atoms with Gasteiger partial charge >= 0.3 is 0 Å². The fraction of sp³-hybridized carbons (Fsp3) is 0.519. The third kappa shape index (κ3) is 6.33. The zero-order valence-electron chi connectivity index (χ0n) is 19.8. The molecule has 1 unspecified atom stereocenters. The van der Waals surface area contributed by atoms with Gasteiger partial charge in [-0.25, -0.2) is 0 Å². The summed E-state index contributed by atoms with van der Waals surface area (Å²) in [5.41, 5.74) is 6.70. The summed E-state index contributed by atoms with van der Waals surface area (Å²) in [6, 6.07) is 13.1.